The summed E-state index contributed by atoms with van der Waals surface area (Å²) in [5.41, 5.74) is 0. The fourth-order valence-electron chi connectivity index (χ4n) is 2.72. The minimum absolute atomic E-state index is 0.155. The van der Waals surface area contributed by atoms with Crippen molar-refractivity contribution in [3.63, 3.8) is 0 Å². The Morgan fingerprint density at radius 2 is 1.78 bits per heavy atom. The van der Waals surface area contributed by atoms with Gasteiger partial charge < -0.3 is 9.47 Å². The van der Waals surface area contributed by atoms with Gasteiger partial charge in [-0.2, -0.15) is 0 Å². The summed E-state index contributed by atoms with van der Waals surface area (Å²) < 4.78 is 9.44. The Balaban J connectivity index is 2.43. The average Bonchev–Trinajstić information content (AvgIpc) is 2.43. The molecule has 1 aliphatic rings. The van der Waals surface area contributed by atoms with E-state index in [1.54, 1.807) is 0 Å². The Bertz CT molecular complexity index is 269. The molecule has 0 radical (unpaired) electrons. The highest BCUT2D eigenvalue weighted by Crippen LogP contribution is 2.31. The normalized spacial score (nSPS) is 18.1. The number of hydrogen-bond acceptors (Lipinski definition) is 4. The zero-order valence-electron chi connectivity index (χ0n) is 11.4. The molecule has 0 aromatic carbocycles. The molecule has 0 spiro atoms. The molecule has 1 saturated carbocycles. The molecule has 4 nitrogen and oxygen atoms in total. The minimum Gasteiger partial charge on any atom is -0.469 e. The molecule has 0 aromatic heterocycles. The SMILES string of the molecule is COC(=O)CCC(CC1CCCCC1)C(=O)OC. The van der Waals surface area contributed by atoms with E-state index in [1.807, 2.05) is 0 Å². The van der Waals surface area contributed by atoms with Gasteiger partial charge in [-0.3, -0.25) is 9.59 Å². The van der Waals surface area contributed by atoms with E-state index < -0.39 is 0 Å². The Morgan fingerprint density at radius 1 is 1.11 bits per heavy atom. The van der Waals surface area contributed by atoms with Crippen LogP contribution in [-0.4, -0.2) is 26.2 Å². The summed E-state index contributed by atoms with van der Waals surface area (Å²) in [6, 6.07) is 0. The monoisotopic (exact) mass is 256 g/mol. The third kappa shape index (κ3) is 5.07. The van der Waals surface area contributed by atoms with E-state index in [0.29, 0.717) is 18.8 Å². The minimum atomic E-state index is -0.257. The number of esters is 2. The number of rotatable bonds is 6. The maximum atomic E-state index is 11.7. The van der Waals surface area contributed by atoms with Crippen LogP contribution in [0.4, 0.5) is 0 Å². The van der Waals surface area contributed by atoms with Crippen LogP contribution >= 0.6 is 0 Å². The smallest absolute Gasteiger partial charge is 0.308 e. The molecule has 0 bridgehead atoms. The maximum absolute atomic E-state index is 11.7. The lowest BCUT2D eigenvalue weighted by atomic mass is 9.81. The molecule has 1 rings (SSSR count). The molecule has 0 aliphatic heterocycles. The van der Waals surface area contributed by atoms with Crippen molar-refractivity contribution in [2.75, 3.05) is 14.2 Å². The van der Waals surface area contributed by atoms with Gasteiger partial charge in [-0.25, -0.2) is 0 Å². The topological polar surface area (TPSA) is 52.6 Å². The third-order valence-corrected chi connectivity index (χ3v) is 3.80. The van der Waals surface area contributed by atoms with Crippen molar-refractivity contribution in [2.24, 2.45) is 11.8 Å². The Kier molecular flexibility index (Phi) is 6.76. The second-order valence-electron chi connectivity index (χ2n) is 5.07. The zero-order valence-corrected chi connectivity index (χ0v) is 11.4. The number of carbonyl (C=O) groups excluding carboxylic acids is 2. The first-order valence-electron chi connectivity index (χ1n) is 6.82. The van der Waals surface area contributed by atoms with Gasteiger partial charge in [-0.05, 0) is 18.8 Å². The molecule has 1 aliphatic carbocycles. The van der Waals surface area contributed by atoms with Crippen LogP contribution in [-0.2, 0) is 19.1 Å². The maximum Gasteiger partial charge on any atom is 0.308 e. The largest absolute Gasteiger partial charge is 0.469 e. The van der Waals surface area contributed by atoms with Crippen LogP contribution in [0.2, 0.25) is 0 Å². The van der Waals surface area contributed by atoms with Crippen LogP contribution in [0, 0.1) is 11.8 Å². The molecule has 18 heavy (non-hydrogen) atoms. The predicted octanol–water partition coefficient (Wildman–Crippen LogP) is 2.70. The lowest BCUT2D eigenvalue weighted by Gasteiger charge is -2.25. The van der Waals surface area contributed by atoms with Crippen molar-refractivity contribution >= 4 is 11.9 Å². The van der Waals surface area contributed by atoms with Gasteiger partial charge in [-0.1, -0.05) is 32.1 Å². The van der Waals surface area contributed by atoms with E-state index in [2.05, 4.69) is 4.74 Å². The first-order valence-corrected chi connectivity index (χ1v) is 6.82. The molecule has 0 amide bonds. The van der Waals surface area contributed by atoms with E-state index in [9.17, 15) is 9.59 Å². The van der Waals surface area contributed by atoms with Gasteiger partial charge in [0.15, 0.2) is 0 Å². The summed E-state index contributed by atoms with van der Waals surface area (Å²) in [7, 11) is 2.78. The van der Waals surface area contributed by atoms with Gasteiger partial charge in [0, 0.05) is 6.42 Å². The molecule has 104 valence electrons. The molecular formula is C14H24O4. The average molecular weight is 256 g/mol. The second-order valence-corrected chi connectivity index (χ2v) is 5.07. The van der Waals surface area contributed by atoms with E-state index in [0.717, 1.165) is 6.42 Å². The Morgan fingerprint density at radius 3 is 2.33 bits per heavy atom. The molecule has 1 atom stereocenters. The van der Waals surface area contributed by atoms with Gasteiger partial charge in [0.2, 0.25) is 0 Å². The van der Waals surface area contributed by atoms with Gasteiger partial charge >= 0.3 is 11.9 Å². The Labute approximate surface area is 109 Å². The Hall–Kier alpha value is -1.06. The standard InChI is InChI=1S/C14H24O4/c1-17-13(15)9-8-12(14(16)18-2)10-11-6-4-3-5-7-11/h11-12H,3-10H2,1-2H3. The van der Waals surface area contributed by atoms with Crippen molar-refractivity contribution in [2.45, 2.75) is 51.4 Å². The molecule has 1 unspecified atom stereocenters. The fraction of sp³-hybridized carbons (Fsp3) is 0.857. The lowest BCUT2D eigenvalue weighted by Crippen LogP contribution is -2.22. The number of methoxy groups -OCH3 is 2. The van der Waals surface area contributed by atoms with Gasteiger partial charge in [0.05, 0.1) is 20.1 Å². The summed E-state index contributed by atoms with van der Waals surface area (Å²) in [5, 5.41) is 0. The van der Waals surface area contributed by atoms with Crippen LogP contribution in [0.25, 0.3) is 0 Å². The zero-order chi connectivity index (χ0) is 13.4. The first kappa shape index (κ1) is 15.0. The third-order valence-electron chi connectivity index (χ3n) is 3.80. The van der Waals surface area contributed by atoms with E-state index in [1.165, 1.54) is 46.3 Å². The summed E-state index contributed by atoms with van der Waals surface area (Å²) in [6.45, 7) is 0. The molecule has 0 N–H and O–H groups in total. The van der Waals surface area contributed by atoms with E-state index in [4.69, 9.17) is 4.74 Å². The highest BCUT2D eigenvalue weighted by Gasteiger charge is 2.25. The van der Waals surface area contributed by atoms with Crippen molar-refractivity contribution in [3.8, 4) is 0 Å². The van der Waals surface area contributed by atoms with Gasteiger partial charge in [0.25, 0.3) is 0 Å². The molecule has 4 heteroatoms. The number of ether oxygens (including phenoxy) is 2. The number of carbonyl (C=O) groups is 2. The van der Waals surface area contributed by atoms with E-state index >= 15 is 0 Å². The molecule has 0 heterocycles. The van der Waals surface area contributed by atoms with Crippen molar-refractivity contribution in [1.82, 2.24) is 0 Å². The summed E-state index contributed by atoms with van der Waals surface area (Å²) in [6.07, 6.45) is 7.91. The molecule has 0 aromatic rings. The van der Waals surface area contributed by atoms with Crippen molar-refractivity contribution in [3.05, 3.63) is 0 Å². The van der Waals surface area contributed by atoms with Crippen LogP contribution in [0.1, 0.15) is 51.4 Å². The van der Waals surface area contributed by atoms with Gasteiger partial charge in [0.1, 0.15) is 0 Å². The van der Waals surface area contributed by atoms with Crippen LogP contribution in [0.15, 0.2) is 0 Å². The van der Waals surface area contributed by atoms with Crippen molar-refractivity contribution in [1.29, 1.82) is 0 Å². The predicted molar refractivity (Wildman–Crippen MR) is 67.9 cm³/mol. The quantitative estimate of drug-likeness (QED) is 0.686. The number of hydrogen-bond donors (Lipinski definition) is 0. The molecule has 1 fully saturated rings. The fourth-order valence-corrected chi connectivity index (χ4v) is 2.72. The lowest BCUT2D eigenvalue weighted by molar-refractivity contribution is -0.147. The van der Waals surface area contributed by atoms with Crippen LogP contribution in [0.5, 0.6) is 0 Å². The second kappa shape index (κ2) is 8.11. The van der Waals surface area contributed by atoms with E-state index in [-0.39, 0.29) is 17.9 Å². The highest BCUT2D eigenvalue weighted by molar-refractivity contribution is 5.74. The highest BCUT2D eigenvalue weighted by atomic mass is 16.5. The summed E-state index contributed by atoms with van der Waals surface area (Å²) in [4.78, 5) is 22.9. The summed E-state index contributed by atoms with van der Waals surface area (Å²) in [5.74, 6) is 0.00900. The molecule has 0 saturated heterocycles. The van der Waals surface area contributed by atoms with Crippen molar-refractivity contribution < 1.29 is 19.1 Å². The first-order chi connectivity index (χ1) is 8.67. The van der Waals surface area contributed by atoms with Crippen LogP contribution in [0.3, 0.4) is 0 Å². The summed E-state index contributed by atoms with van der Waals surface area (Å²) >= 11 is 0. The van der Waals surface area contributed by atoms with Gasteiger partial charge in [-0.15, -0.1) is 0 Å². The van der Waals surface area contributed by atoms with Crippen LogP contribution < -0.4 is 0 Å². The molecular weight excluding hydrogens is 232 g/mol.